The van der Waals surface area contributed by atoms with Gasteiger partial charge in [-0.25, -0.2) is 13.9 Å². The molecule has 0 radical (unpaired) electrons. The highest BCUT2D eigenvalue weighted by molar-refractivity contribution is 5.82. The number of anilines is 1. The molecule has 150 valence electrons. The van der Waals surface area contributed by atoms with Gasteiger partial charge >= 0.3 is 0 Å². The van der Waals surface area contributed by atoms with Crippen LogP contribution in [0.3, 0.4) is 0 Å². The number of aryl methyl sites for hydroxylation is 1. The van der Waals surface area contributed by atoms with Crippen molar-refractivity contribution in [3.05, 3.63) is 60.3 Å². The normalized spacial score (nSPS) is 21.8. The van der Waals surface area contributed by atoms with E-state index in [1.54, 1.807) is 6.33 Å². The van der Waals surface area contributed by atoms with E-state index in [9.17, 15) is 9.18 Å². The number of aromatic nitrogens is 3. The molecular formula is C22H24FN5O. The zero-order valence-electron chi connectivity index (χ0n) is 16.2. The van der Waals surface area contributed by atoms with E-state index in [0.29, 0.717) is 5.91 Å². The third-order valence-corrected chi connectivity index (χ3v) is 6.23. The highest BCUT2D eigenvalue weighted by atomic mass is 19.1. The smallest absolute Gasteiger partial charge is 0.226 e. The summed E-state index contributed by atoms with van der Waals surface area (Å²) in [5, 5.41) is 4.29. The second-order valence-electron chi connectivity index (χ2n) is 7.98. The first kappa shape index (κ1) is 18.1. The summed E-state index contributed by atoms with van der Waals surface area (Å²) in [4.78, 5) is 21.4. The number of nitrogens with zero attached hydrogens (tertiary/aromatic N) is 5. The topological polar surface area (TPSA) is 53.7 Å². The first-order valence-corrected chi connectivity index (χ1v) is 10.3. The lowest BCUT2D eigenvalue weighted by atomic mass is 9.97. The minimum atomic E-state index is -0.218. The summed E-state index contributed by atoms with van der Waals surface area (Å²) in [6, 6.07) is 12.9. The summed E-state index contributed by atoms with van der Waals surface area (Å²) < 4.78 is 15.1. The zero-order chi connectivity index (χ0) is 19.8. The van der Waals surface area contributed by atoms with Crippen molar-refractivity contribution in [2.24, 2.45) is 5.92 Å². The molecular weight excluding hydrogens is 369 g/mol. The summed E-state index contributed by atoms with van der Waals surface area (Å²) in [5.74, 6) is 0.181. The molecule has 3 aromatic rings. The molecule has 2 aliphatic heterocycles. The SMILES string of the molecule is O=C1[C@@H](CCCc2cccc3ncnn23)C[C@H]2CN(c3ccc(F)cc3)CCN12. The van der Waals surface area contributed by atoms with Crippen molar-refractivity contribution in [1.29, 1.82) is 0 Å². The first-order valence-electron chi connectivity index (χ1n) is 10.3. The molecule has 7 heteroatoms. The Kier molecular flexibility index (Phi) is 4.66. The quantitative estimate of drug-likeness (QED) is 0.669. The molecule has 0 aliphatic carbocycles. The molecule has 2 fully saturated rings. The minimum absolute atomic E-state index is 0.100. The number of pyridine rings is 1. The van der Waals surface area contributed by atoms with Gasteiger partial charge in [0.15, 0.2) is 5.65 Å². The summed E-state index contributed by atoms with van der Waals surface area (Å²) >= 11 is 0. The van der Waals surface area contributed by atoms with Gasteiger partial charge < -0.3 is 9.80 Å². The molecule has 4 heterocycles. The molecule has 2 aromatic heterocycles. The number of fused-ring (bicyclic) bond motifs is 2. The van der Waals surface area contributed by atoms with Gasteiger partial charge in [-0.05, 0) is 62.1 Å². The van der Waals surface area contributed by atoms with Gasteiger partial charge in [0.1, 0.15) is 12.1 Å². The number of benzene rings is 1. The van der Waals surface area contributed by atoms with Crippen molar-refractivity contribution in [3.63, 3.8) is 0 Å². The molecule has 0 spiro atoms. The lowest BCUT2D eigenvalue weighted by Gasteiger charge is -2.38. The highest BCUT2D eigenvalue weighted by Crippen LogP contribution is 2.32. The number of amides is 1. The van der Waals surface area contributed by atoms with Crippen molar-refractivity contribution in [3.8, 4) is 0 Å². The van der Waals surface area contributed by atoms with Gasteiger partial charge in [-0.1, -0.05) is 6.07 Å². The predicted octanol–water partition coefficient (Wildman–Crippen LogP) is 2.93. The standard InChI is InChI=1S/C22H24FN5O/c23-17-7-9-18(10-8-17)26-11-12-27-20(14-26)13-16(22(27)29)3-1-4-19-5-2-6-21-24-15-25-28(19)21/h2,5-10,15-16,20H,1,3-4,11-14H2/t16-,20-/m0/s1. The number of carbonyl (C=O) groups is 1. The molecule has 0 N–H and O–H groups in total. The molecule has 29 heavy (non-hydrogen) atoms. The molecule has 0 unspecified atom stereocenters. The minimum Gasteiger partial charge on any atom is -0.368 e. The van der Waals surface area contributed by atoms with Crippen molar-refractivity contribution in [1.82, 2.24) is 19.5 Å². The van der Waals surface area contributed by atoms with Crippen LogP contribution in [0.4, 0.5) is 10.1 Å². The van der Waals surface area contributed by atoms with Gasteiger partial charge in [0.05, 0.1) is 6.04 Å². The predicted molar refractivity (Wildman–Crippen MR) is 108 cm³/mol. The Balaban J connectivity index is 1.19. The summed E-state index contributed by atoms with van der Waals surface area (Å²) in [6.07, 6.45) is 5.22. The van der Waals surface area contributed by atoms with Crippen LogP contribution in [0.15, 0.2) is 48.8 Å². The van der Waals surface area contributed by atoms with Crippen LogP contribution in [-0.2, 0) is 11.2 Å². The molecule has 1 amide bonds. The molecule has 2 atom stereocenters. The maximum atomic E-state index is 13.2. The van der Waals surface area contributed by atoms with Crippen LogP contribution in [0.25, 0.3) is 5.65 Å². The second kappa shape index (κ2) is 7.46. The van der Waals surface area contributed by atoms with E-state index < -0.39 is 0 Å². The third kappa shape index (κ3) is 3.45. The average Bonchev–Trinajstić information content (AvgIpc) is 3.34. The monoisotopic (exact) mass is 393 g/mol. The highest BCUT2D eigenvalue weighted by Gasteiger charge is 2.41. The Hall–Kier alpha value is -2.96. The van der Waals surface area contributed by atoms with E-state index in [1.807, 2.05) is 28.8 Å². The largest absolute Gasteiger partial charge is 0.368 e. The van der Waals surface area contributed by atoms with Crippen LogP contribution in [0, 0.1) is 11.7 Å². The average molecular weight is 393 g/mol. The van der Waals surface area contributed by atoms with Crippen LogP contribution >= 0.6 is 0 Å². The van der Waals surface area contributed by atoms with E-state index in [2.05, 4.69) is 25.9 Å². The number of hydrogen-bond acceptors (Lipinski definition) is 4. The fourth-order valence-corrected chi connectivity index (χ4v) is 4.76. The van der Waals surface area contributed by atoms with Gasteiger partial charge in [0, 0.05) is 36.9 Å². The molecule has 6 nitrogen and oxygen atoms in total. The summed E-state index contributed by atoms with van der Waals surface area (Å²) in [7, 11) is 0. The fourth-order valence-electron chi connectivity index (χ4n) is 4.76. The van der Waals surface area contributed by atoms with Crippen LogP contribution in [0.2, 0.25) is 0 Å². The maximum absolute atomic E-state index is 13.2. The van der Waals surface area contributed by atoms with Crippen molar-refractivity contribution < 1.29 is 9.18 Å². The molecule has 1 aromatic carbocycles. The number of halogens is 1. The van der Waals surface area contributed by atoms with Gasteiger partial charge in [0.2, 0.25) is 5.91 Å². The lowest BCUT2D eigenvalue weighted by Crippen LogP contribution is -2.51. The van der Waals surface area contributed by atoms with E-state index in [0.717, 1.165) is 62.3 Å². The Bertz CT molecular complexity index is 1020. The van der Waals surface area contributed by atoms with Crippen LogP contribution in [-0.4, -0.2) is 51.1 Å². The van der Waals surface area contributed by atoms with Gasteiger partial charge in [-0.15, -0.1) is 0 Å². The van der Waals surface area contributed by atoms with Crippen molar-refractivity contribution in [2.75, 3.05) is 24.5 Å². The van der Waals surface area contributed by atoms with Crippen LogP contribution < -0.4 is 4.90 Å². The molecule has 2 saturated heterocycles. The van der Waals surface area contributed by atoms with Gasteiger partial charge in [-0.3, -0.25) is 4.79 Å². The molecule has 5 rings (SSSR count). The van der Waals surface area contributed by atoms with Crippen LogP contribution in [0.5, 0.6) is 0 Å². The maximum Gasteiger partial charge on any atom is 0.226 e. The third-order valence-electron chi connectivity index (χ3n) is 6.23. The van der Waals surface area contributed by atoms with Crippen LogP contribution in [0.1, 0.15) is 25.0 Å². The van der Waals surface area contributed by atoms with E-state index >= 15 is 0 Å². The van der Waals surface area contributed by atoms with E-state index in [4.69, 9.17) is 0 Å². The molecule has 2 aliphatic rings. The fraction of sp³-hybridized carbons (Fsp3) is 0.409. The number of carbonyl (C=O) groups excluding carboxylic acids is 1. The van der Waals surface area contributed by atoms with Gasteiger partial charge in [0.25, 0.3) is 0 Å². The Morgan fingerprint density at radius 2 is 1.97 bits per heavy atom. The first-order chi connectivity index (χ1) is 14.2. The van der Waals surface area contributed by atoms with E-state index in [-0.39, 0.29) is 17.8 Å². The van der Waals surface area contributed by atoms with Crippen molar-refractivity contribution in [2.45, 2.75) is 31.7 Å². The Labute approximate surface area is 168 Å². The van der Waals surface area contributed by atoms with E-state index in [1.165, 1.54) is 12.1 Å². The number of piperazine rings is 1. The molecule has 0 bridgehead atoms. The van der Waals surface area contributed by atoms with Crippen molar-refractivity contribution >= 4 is 17.2 Å². The number of rotatable bonds is 5. The Morgan fingerprint density at radius 1 is 1.10 bits per heavy atom. The second-order valence-corrected chi connectivity index (χ2v) is 7.98. The summed E-state index contributed by atoms with van der Waals surface area (Å²) in [6.45, 7) is 2.37. The number of hydrogen-bond donors (Lipinski definition) is 0. The molecule has 0 saturated carbocycles. The zero-order valence-corrected chi connectivity index (χ0v) is 16.2. The summed E-state index contributed by atoms with van der Waals surface area (Å²) in [5.41, 5.74) is 3.02. The lowest BCUT2D eigenvalue weighted by molar-refractivity contribution is -0.132. The van der Waals surface area contributed by atoms with Gasteiger partial charge in [-0.2, -0.15) is 5.10 Å². The Morgan fingerprint density at radius 3 is 2.83 bits per heavy atom.